The average Bonchev–Trinajstić information content (AvgIpc) is 2.96. The normalized spacial score (nSPS) is 12.2. The van der Waals surface area contributed by atoms with Crippen molar-refractivity contribution < 1.29 is 8.42 Å². The summed E-state index contributed by atoms with van der Waals surface area (Å²) in [7, 11) is -2.41. The van der Waals surface area contributed by atoms with E-state index in [0.29, 0.717) is 11.4 Å². The van der Waals surface area contributed by atoms with Gasteiger partial charge in [0.05, 0.1) is 10.6 Å². The van der Waals surface area contributed by atoms with Gasteiger partial charge in [-0.25, -0.2) is 13.1 Å². The maximum absolute atomic E-state index is 13.8. The van der Waals surface area contributed by atoms with Crippen molar-refractivity contribution in [2.45, 2.75) is 71.1 Å². The van der Waals surface area contributed by atoms with Crippen molar-refractivity contribution >= 4 is 15.7 Å². The van der Waals surface area contributed by atoms with Crippen molar-refractivity contribution in [1.29, 1.82) is 0 Å². The number of benzene rings is 2. The second-order valence-electron chi connectivity index (χ2n) is 9.47. The third-order valence-corrected chi connectivity index (χ3v) is 7.48. The average molecular weight is 469 g/mol. The molecular weight excluding hydrogens is 434 g/mol. The lowest BCUT2D eigenvalue weighted by atomic mass is 9.89. The third-order valence-electron chi connectivity index (χ3n) is 6.07. The Morgan fingerprint density at radius 1 is 0.848 bits per heavy atom. The van der Waals surface area contributed by atoms with Crippen molar-refractivity contribution in [1.82, 2.24) is 9.36 Å². The molecule has 0 fully saturated rings. The van der Waals surface area contributed by atoms with Crippen LogP contribution in [-0.4, -0.2) is 17.8 Å². The molecule has 0 radical (unpaired) electrons. The zero-order valence-corrected chi connectivity index (χ0v) is 21.6. The first-order valence-corrected chi connectivity index (χ1v) is 12.8. The second kappa shape index (κ2) is 9.21. The SMILES string of the molecule is Cc1c([N-]S(=O)(=O)c2c(C(C)C)cc(C(C)C)cc2C(C)C)c(=O)n(-c2ccccc2)n1C. The van der Waals surface area contributed by atoms with Gasteiger partial charge >= 0.3 is 0 Å². The van der Waals surface area contributed by atoms with Crippen LogP contribution in [0.4, 0.5) is 5.69 Å². The van der Waals surface area contributed by atoms with Gasteiger partial charge in [0.25, 0.3) is 5.56 Å². The van der Waals surface area contributed by atoms with E-state index in [-0.39, 0.29) is 28.3 Å². The van der Waals surface area contributed by atoms with Crippen molar-refractivity contribution in [3.63, 3.8) is 0 Å². The summed E-state index contributed by atoms with van der Waals surface area (Å²) in [5, 5.41) is 0. The Bertz CT molecular complexity index is 1290. The molecule has 7 heteroatoms. The molecule has 0 aliphatic heterocycles. The molecule has 0 aliphatic carbocycles. The molecule has 6 nitrogen and oxygen atoms in total. The van der Waals surface area contributed by atoms with E-state index in [2.05, 4.69) is 18.6 Å². The summed E-state index contributed by atoms with van der Waals surface area (Å²) in [6, 6.07) is 13.1. The van der Waals surface area contributed by atoms with Gasteiger partial charge in [-0.3, -0.25) is 9.48 Å². The van der Waals surface area contributed by atoms with Crippen LogP contribution in [0.3, 0.4) is 0 Å². The minimum Gasteiger partial charge on any atom is -0.567 e. The first kappa shape index (κ1) is 24.8. The largest absolute Gasteiger partial charge is 0.567 e. The van der Waals surface area contributed by atoms with Crippen LogP contribution in [0.15, 0.2) is 52.2 Å². The fourth-order valence-electron chi connectivity index (χ4n) is 4.01. The van der Waals surface area contributed by atoms with Gasteiger partial charge in [0.15, 0.2) is 0 Å². The van der Waals surface area contributed by atoms with Crippen molar-refractivity contribution in [3.05, 3.63) is 79.9 Å². The molecule has 0 bridgehead atoms. The fourth-order valence-corrected chi connectivity index (χ4v) is 5.74. The van der Waals surface area contributed by atoms with Gasteiger partial charge in [0.1, 0.15) is 10.0 Å². The molecule has 0 amide bonds. The predicted molar refractivity (Wildman–Crippen MR) is 135 cm³/mol. The van der Waals surface area contributed by atoms with E-state index in [1.807, 2.05) is 58.0 Å². The second-order valence-corrected chi connectivity index (χ2v) is 11.0. The quantitative estimate of drug-likeness (QED) is 0.411. The number of hydrogen-bond acceptors (Lipinski definition) is 3. The van der Waals surface area contributed by atoms with Crippen LogP contribution >= 0.6 is 0 Å². The molecule has 3 rings (SSSR count). The van der Waals surface area contributed by atoms with Crippen molar-refractivity contribution in [3.8, 4) is 5.69 Å². The summed E-state index contributed by atoms with van der Waals surface area (Å²) >= 11 is 0. The van der Waals surface area contributed by atoms with Crippen LogP contribution in [0.5, 0.6) is 0 Å². The monoisotopic (exact) mass is 468 g/mol. The zero-order chi connectivity index (χ0) is 24.7. The number of para-hydroxylation sites is 1. The molecule has 0 unspecified atom stereocenters. The Morgan fingerprint density at radius 2 is 1.36 bits per heavy atom. The van der Waals surface area contributed by atoms with Gasteiger partial charge in [-0.05, 0) is 59.2 Å². The molecule has 2 aromatic carbocycles. The third kappa shape index (κ3) is 4.64. The lowest BCUT2D eigenvalue weighted by molar-refractivity contribution is 0.597. The number of aromatic nitrogens is 2. The highest BCUT2D eigenvalue weighted by molar-refractivity contribution is 7.94. The zero-order valence-electron chi connectivity index (χ0n) is 20.7. The summed E-state index contributed by atoms with van der Waals surface area (Å²) in [5.41, 5.74) is 3.21. The lowest BCUT2D eigenvalue weighted by Gasteiger charge is -2.28. The number of sulfonamides is 1. The Morgan fingerprint density at radius 3 is 1.82 bits per heavy atom. The van der Waals surface area contributed by atoms with Gasteiger partial charge < -0.3 is 4.72 Å². The highest BCUT2D eigenvalue weighted by atomic mass is 32.2. The summed E-state index contributed by atoms with van der Waals surface area (Å²) < 4.78 is 34.8. The van der Waals surface area contributed by atoms with Crippen LogP contribution in [0.25, 0.3) is 10.4 Å². The first-order valence-electron chi connectivity index (χ1n) is 11.4. The Hall–Kier alpha value is -2.80. The van der Waals surface area contributed by atoms with E-state index in [0.717, 1.165) is 16.7 Å². The minimum atomic E-state index is -4.14. The van der Waals surface area contributed by atoms with Gasteiger partial charge in [0.2, 0.25) is 0 Å². The number of hydrogen-bond donors (Lipinski definition) is 0. The van der Waals surface area contributed by atoms with Gasteiger partial charge in [-0.2, -0.15) is 0 Å². The highest BCUT2D eigenvalue weighted by Gasteiger charge is 2.24. The van der Waals surface area contributed by atoms with E-state index in [1.165, 1.54) is 4.68 Å². The highest BCUT2D eigenvalue weighted by Crippen LogP contribution is 2.39. The number of rotatable bonds is 7. The van der Waals surface area contributed by atoms with Crippen LogP contribution in [0.1, 0.15) is 81.7 Å². The summed E-state index contributed by atoms with van der Waals surface area (Å²) in [5.74, 6) is 0.237. The maximum atomic E-state index is 13.8. The van der Waals surface area contributed by atoms with E-state index in [4.69, 9.17) is 0 Å². The lowest BCUT2D eigenvalue weighted by Crippen LogP contribution is -2.19. The van der Waals surface area contributed by atoms with E-state index >= 15 is 0 Å². The van der Waals surface area contributed by atoms with Gasteiger partial charge in [0, 0.05) is 12.7 Å². The first-order chi connectivity index (χ1) is 15.4. The van der Waals surface area contributed by atoms with Gasteiger partial charge in [-0.15, -0.1) is 0 Å². The predicted octanol–water partition coefficient (Wildman–Crippen LogP) is 6.25. The van der Waals surface area contributed by atoms with Crippen LogP contribution in [0, 0.1) is 6.92 Å². The molecule has 3 aromatic rings. The van der Waals surface area contributed by atoms with E-state index < -0.39 is 15.6 Å². The molecule has 33 heavy (non-hydrogen) atoms. The van der Waals surface area contributed by atoms with E-state index in [1.54, 1.807) is 30.8 Å². The van der Waals surface area contributed by atoms with Crippen LogP contribution in [-0.2, 0) is 17.1 Å². The Kier molecular flexibility index (Phi) is 6.93. The van der Waals surface area contributed by atoms with Crippen molar-refractivity contribution in [2.75, 3.05) is 0 Å². The molecule has 1 aromatic heterocycles. The topological polar surface area (TPSA) is 75.2 Å². The Labute approximate surface area is 197 Å². The smallest absolute Gasteiger partial charge is 0.257 e. The summed E-state index contributed by atoms with van der Waals surface area (Å²) in [6.45, 7) is 13.8. The van der Waals surface area contributed by atoms with Crippen LogP contribution < -0.4 is 5.56 Å². The Balaban J connectivity index is 2.22. The van der Waals surface area contributed by atoms with Gasteiger partial charge in [-0.1, -0.05) is 71.9 Å². The number of nitrogens with zero attached hydrogens (tertiary/aromatic N) is 3. The molecule has 0 atom stereocenters. The molecule has 0 saturated heterocycles. The fraction of sp³-hybridized carbons (Fsp3) is 0.423. The van der Waals surface area contributed by atoms with Crippen molar-refractivity contribution in [2.24, 2.45) is 7.05 Å². The molecule has 0 N–H and O–H groups in total. The van der Waals surface area contributed by atoms with E-state index in [9.17, 15) is 13.2 Å². The molecule has 1 heterocycles. The molecule has 0 aliphatic rings. The summed E-state index contributed by atoms with van der Waals surface area (Å²) in [6.07, 6.45) is 0. The maximum Gasteiger partial charge on any atom is 0.257 e. The molecule has 0 saturated carbocycles. The summed E-state index contributed by atoms with van der Waals surface area (Å²) in [4.78, 5) is 13.5. The molecule has 0 spiro atoms. The standard InChI is InChI=1S/C26H34N3O3S/c1-16(2)20-14-22(17(3)4)25(23(15-20)18(5)6)33(31,32)27-24-19(7)28(8)29(26(24)30)21-12-10-9-11-13-21/h9-18H,1-8H3/q-1. The molecule has 178 valence electrons. The van der Waals surface area contributed by atoms with Crippen LogP contribution in [0.2, 0.25) is 0 Å². The molecular formula is C26H34N3O3S-. The minimum absolute atomic E-state index is 0.0148.